The van der Waals surface area contributed by atoms with E-state index in [9.17, 15) is 14.0 Å². The van der Waals surface area contributed by atoms with Crippen molar-refractivity contribution in [1.29, 1.82) is 0 Å². The molecule has 0 aliphatic carbocycles. The molecule has 0 N–H and O–H groups in total. The van der Waals surface area contributed by atoms with Crippen LogP contribution in [0.1, 0.15) is 21.5 Å². The van der Waals surface area contributed by atoms with Crippen LogP contribution in [0.2, 0.25) is 0 Å². The highest BCUT2D eigenvalue weighted by molar-refractivity contribution is 6.05. The summed E-state index contributed by atoms with van der Waals surface area (Å²) in [6, 6.07) is 9.62. The summed E-state index contributed by atoms with van der Waals surface area (Å²) in [6.45, 7) is 0.528. The van der Waals surface area contributed by atoms with E-state index in [1.807, 2.05) is 0 Å². The summed E-state index contributed by atoms with van der Waals surface area (Å²) in [6.07, 6.45) is 3.63. The highest BCUT2D eigenvalue weighted by atomic mass is 19.1. The summed E-state index contributed by atoms with van der Waals surface area (Å²) in [7, 11) is 2.73. The summed E-state index contributed by atoms with van der Waals surface area (Å²) in [5.41, 5.74) is 2.72. The van der Waals surface area contributed by atoms with Crippen LogP contribution in [-0.4, -0.2) is 32.6 Å². The zero-order valence-electron chi connectivity index (χ0n) is 14.5. The van der Waals surface area contributed by atoms with Gasteiger partial charge in [-0.25, -0.2) is 9.18 Å². The second-order valence-corrected chi connectivity index (χ2v) is 5.80. The van der Waals surface area contributed by atoms with E-state index in [1.165, 1.54) is 32.4 Å². The lowest BCUT2D eigenvalue weighted by molar-refractivity contribution is -0.114. The van der Waals surface area contributed by atoms with Gasteiger partial charge in [-0.3, -0.25) is 4.79 Å². The molecule has 134 valence electrons. The lowest BCUT2D eigenvalue weighted by Gasteiger charge is -2.15. The number of hydrogen-bond donors (Lipinski definition) is 0. The molecule has 6 heteroatoms. The molecule has 0 unspecified atom stereocenters. The summed E-state index contributed by atoms with van der Waals surface area (Å²) in [5.74, 6) is -0.933. The van der Waals surface area contributed by atoms with Crippen molar-refractivity contribution < 1.29 is 23.5 Å². The number of esters is 1. The smallest absolute Gasteiger partial charge is 0.337 e. The minimum atomic E-state index is -0.482. The van der Waals surface area contributed by atoms with Crippen molar-refractivity contribution in [2.45, 2.75) is 6.42 Å². The molecule has 0 bridgehead atoms. The van der Waals surface area contributed by atoms with Gasteiger partial charge in [0.2, 0.25) is 0 Å². The lowest BCUT2D eigenvalue weighted by Crippen LogP contribution is -2.26. The molecule has 5 nitrogen and oxygen atoms in total. The van der Waals surface area contributed by atoms with Crippen LogP contribution in [0.15, 0.2) is 42.5 Å². The zero-order chi connectivity index (χ0) is 18.7. The number of fused-ring (bicyclic) bond motifs is 1. The minimum Gasteiger partial charge on any atom is -0.494 e. The molecule has 26 heavy (non-hydrogen) atoms. The van der Waals surface area contributed by atoms with Gasteiger partial charge in [0.25, 0.3) is 5.91 Å². The molecule has 0 aromatic heterocycles. The Kier molecular flexibility index (Phi) is 5.02. The molecule has 0 radical (unpaired) electrons. The Morgan fingerprint density at radius 3 is 2.65 bits per heavy atom. The van der Waals surface area contributed by atoms with Crippen LogP contribution in [-0.2, 0) is 16.0 Å². The molecular weight excluding hydrogens is 337 g/mol. The SMILES string of the molecule is COC(=O)c1ccc2c(c1)CCN2C(=O)/C=C/c1ccc(OC)c(F)c1. The van der Waals surface area contributed by atoms with E-state index in [4.69, 9.17) is 9.47 Å². The van der Waals surface area contributed by atoms with E-state index in [1.54, 1.807) is 35.2 Å². The van der Waals surface area contributed by atoms with Gasteiger partial charge in [-0.1, -0.05) is 6.07 Å². The van der Waals surface area contributed by atoms with Crippen molar-refractivity contribution in [3.8, 4) is 5.75 Å². The average Bonchev–Trinajstić information content (AvgIpc) is 3.08. The first-order valence-corrected chi connectivity index (χ1v) is 8.08. The second kappa shape index (κ2) is 7.39. The van der Waals surface area contributed by atoms with E-state index >= 15 is 0 Å². The number of amides is 1. The van der Waals surface area contributed by atoms with Gasteiger partial charge in [-0.05, 0) is 54.0 Å². The maximum absolute atomic E-state index is 13.7. The number of halogens is 1. The second-order valence-electron chi connectivity index (χ2n) is 5.80. The highest BCUT2D eigenvalue weighted by Crippen LogP contribution is 2.29. The van der Waals surface area contributed by atoms with Gasteiger partial charge in [0.15, 0.2) is 11.6 Å². The zero-order valence-corrected chi connectivity index (χ0v) is 14.5. The fourth-order valence-electron chi connectivity index (χ4n) is 2.92. The van der Waals surface area contributed by atoms with E-state index in [-0.39, 0.29) is 11.7 Å². The maximum Gasteiger partial charge on any atom is 0.337 e. The number of ether oxygens (including phenoxy) is 2. The first-order chi connectivity index (χ1) is 12.5. The van der Waals surface area contributed by atoms with E-state index in [0.717, 1.165) is 11.3 Å². The predicted molar refractivity (Wildman–Crippen MR) is 95.8 cm³/mol. The van der Waals surface area contributed by atoms with Crippen molar-refractivity contribution in [3.05, 3.63) is 65.0 Å². The van der Waals surface area contributed by atoms with E-state index in [0.29, 0.717) is 24.1 Å². The Labute approximate surface area is 150 Å². The minimum absolute atomic E-state index is 0.156. The maximum atomic E-state index is 13.7. The molecule has 1 aliphatic heterocycles. The van der Waals surface area contributed by atoms with Crippen molar-refractivity contribution in [1.82, 2.24) is 0 Å². The Hall–Kier alpha value is -3.15. The predicted octanol–water partition coefficient (Wildman–Crippen LogP) is 3.22. The fraction of sp³-hybridized carbons (Fsp3) is 0.200. The summed E-state index contributed by atoms with van der Waals surface area (Å²) < 4.78 is 23.3. The summed E-state index contributed by atoms with van der Waals surface area (Å²) in [4.78, 5) is 25.7. The highest BCUT2D eigenvalue weighted by Gasteiger charge is 2.24. The topological polar surface area (TPSA) is 55.8 Å². The van der Waals surface area contributed by atoms with Gasteiger partial charge >= 0.3 is 5.97 Å². The van der Waals surface area contributed by atoms with Crippen molar-refractivity contribution in [3.63, 3.8) is 0 Å². The molecule has 1 amide bonds. The van der Waals surface area contributed by atoms with Gasteiger partial charge in [0, 0.05) is 18.3 Å². The Balaban J connectivity index is 1.76. The van der Waals surface area contributed by atoms with Crippen LogP contribution in [0.4, 0.5) is 10.1 Å². The van der Waals surface area contributed by atoms with Gasteiger partial charge in [0.1, 0.15) is 0 Å². The van der Waals surface area contributed by atoms with Crippen LogP contribution in [0.25, 0.3) is 6.08 Å². The third-order valence-corrected chi connectivity index (χ3v) is 4.26. The largest absolute Gasteiger partial charge is 0.494 e. The van der Waals surface area contributed by atoms with E-state index < -0.39 is 11.8 Å². The number of carbonyl (C=O) groups is 2. The molecule has 0 saturated heterocycles. The van der Waals surface area contributed by atoms with Crippen LogP contribution in [0, 0.1) is 5.82 Å². The normalized spacial score (nSPS) is 13.0. The molecule has 2 aromatic carbocycles. The molecular formula is C20H18FNO4. The molecule has 3 rings (SSSR count). The van der Waals surface area contributed by atoms with Crippen molar-refractivity contribution >= 4 is 23.6 Å². The molecule has 2 aromatic rings. The average molecular weight is 355 g/mol. The Morgan fingerprint density at radius 1 is 1.15 bits per heavy atom. The van der Waals surface area contributed by atoms with Gasteiger partial charge in [0.05, 0.1) is 19.8 Å². The molecule has 0 fully saturated rings. The fourth-order valence-corrected chi connectivity index (χ4v) is 2.92. The summed E-state index contributed by atoms with van der Waals surface area (Å²) >= 11 is 0. The third kappa shape index (κ3) is 3.44. The number of anilines is 1. The number of methoxy groups -OCH3 is 2. The van der Waals surface area contributed by atoms with Crippen LogP contribution >= 0.6 is 0 Å². The molecule has 1 aliphatic rings. The molecule has 0 spiro atoms. The van der Waals surface area contributed by atoms with Gasteiger partial charge < -0.3 is 14.4 Å². The quantitative estimate of drug-likeness (QED) is 0.624. The number of benzene rings is 2. The van der Waals surface area contributed by atoms with Crippen LogP contribution in [0.3, 0.4) is 0 Å². The molecule has 0 atom stereocenters. The first kappa shape index (κ1) is 17.7. The Morgan fingerprint density at radius 2 is 1.96 bits per heavy atom. The van der Waals surface area contributed by atoms with Crippen LogP contribution < -0.4 is 9.64 Å². The standard InChI is InChI=1S/C20H18FNO4/c1-25-18-7-3-13(11-16(18)21)4-8-19(23)22-10-9-14-12-15(20(24)26-2)5-6-17(14)22/h3-8,11-12H,9-10H2,1-2H3/b8-4+. The third-order valence-electron chi connectivity index (χ3n) is 4.26. The van der Waals surface area contributed by atoms with Crippen molar-refractivity contribution in [2.75, 3.05) is 25.7 Å². The monoisotopic (exact) mass is 355 g/mol. The lowest BCUT2D eigenvalue weighted by atomic mass is 10.1. The van der Waals surface area contributed by atoms with Gasteiger partial charge in [-0.2, -0.15) is 0 Å². The molecule has 0 saturated carbocycles. The molecule has 1 heterocycles. The number of rotatable bonds is 4. The Bertz CT molecular complexity index is 891. The van der Waals surface area contributed by atoms with Crippen molar-refractivity contribution in [2.24, 2.45) is 0 Å². The van der Waals surface area contributed by atoms with Gasteiger partial charge in [-0.15, -0.1) is 0 Å². The number of hydrogen-bond acceptors (Lipinski definition) is 4. The summed E-state index contributed by atoms with van der Waals surface area (Å²) in [5, 5.41) is 0. The number of nitrogens with zero attached hydrogens (tertiary/aromatic N) is 1. The first-order valence-electron chi connectivity index (χ1n) is 8.08. The van der Waals surface area contributed by atoms with E-state index in [2.05, 4.69) is 0 Å². The number of carbonyl (C=O) groups excluding carboxylic acids is 2. The van der Waals surface area contributed by atoms with Crippen LogP contribution in [0.5, 0.6) is 5.75 Å².